The van der Waals surface area contributed by atoms with Crippen LogP contribution in [-0.4, -0.2) is 28.3 Å². The minimum atomic E-state index is -4.70. The molecule has 0 aliphatic rings. The summed E-state index contributed by atoms with van der Waals surface area (Å²) in [6, 6.07) is 13.3. The number of aromatic nitrogens is 2. The maximum Gasteiger partial charge on any atom is 0.435 e. The fourth-order valence-electron chi connectivity index (χ4n) is 2.96. The largest absolute Gasteiger partial charge is 0.462 e. The van der Waals surface area contributed by atoms with Crippen LogP contribution in [0, 0.1) is 13.8 Å². The van der Waals surface area contributed by atoms with Crippen molar-refractivity contribution in [3.8, 4) is 0 Å². The zero-order chi connectivity index (χ0) is 22.6. The van der Waals surface area contributed by atoms with Gasteiger partial charge in [-0.05, 0) is 51.0 Å². The standard InChI is InChI=1S/C23H21F3N2O3/c1-15-5-9-17(10-6-15)21(29)28-14-19(20(27-28)23(24,25)26)4-3-13-31-22(30)18-11-7-16(2)8-12-18/h5-12,14H,3-4,13H2,1-2H3. The normalized spacial score (nSPS) is 11.4. The first kappa shape index (κ1) is 22.3. The number of hydrogen-bond donors (Lipinski definition) is 0. The number of alkyl halides is 3. The van der Waals surface area contributed by atoms with Crippen LogP contribution in [0.5, 0.6) is 0 Å². The van der Waals surface area contributed by atoms with E-state index in [1.54, 1.807) is 36.4 Å². The summed E-state index contributed by atoms with van der Waals surface area (Å²) in [5.41, 5.74) is 1.29. The summed E-state index contributed by atoms with van der Waals surface area (Å²) in [6.07, 6.45) is -3.50. The van der Waals surface area contributed by atoms with Gasteiger partial charge in [-0.25, -0.2) is 9.48 Å². The smallest absolute Gasteiger partial charge is 0.435 e. The monoisotopic (exact) mass is 430 g/mol. The summed E-state index contributed by atoms with van der Waals surface area (Å²) >= 11 is 0. The number of benzene rings is 2. The first-order valence-electron chi connectivity index (χ1n) is 9.66. The van der Waals surface area contributed by atoms with Crippen molar-refractivity contribution in [1.82, 2.24) is 9.78 Å². The predicted octanol–water partition coefficient (Wildman–Crippen LogP) is 5.00. The summed E-state index contributed by atoms with van der Waals surface area (Å²) in [6.45, 7) is 3.67. The lowest BCUT2D eigenvalue weighted by molar-refractivity contribution is -0.142. The molecule has 2 aromatic carbocycles. The van der Waals surface area contributed by atoms with E-state index >= 15 is 0 Å². The van der Waals surface area contributed by atoms with Crippen LogP contribution in [0.4, 0.5) is 13.2 Å². The van der Waals surface area contributed by atoms with Gasteiger partial charge in [-0.3, -0.25) is 4.79 Å². The van der Waals surface area contributed by atoms with Crippen molar-refractivity contribution in [2.75, 3.05) is 6.61 Å². The highest BCUT2D eigenvalue weighted by molar-refractivity contribution is 5.95. The highest BCUT2D eigenvalue weighted by atomic mass is 19.4. The van der Waals surface area contributed by atoms with E-state index in [2.05, 4.69) is 5.10 Å². The van der Waals surface area contributed by atoms with Crippen molar-refractivity contribution in [3.05, 3.63) is 88.2 Å². The average molecular weight is 430 g/mol. The molecule has 0 amide bonds. The molecule has 0 spiro atoms. The molecule has 0 radical (unpaired) electrons. The third-order valence-electron chi connectivity index (χ3n) is 4.68. The Hall–Kier alpha value is -3.42. The van der Waals surface area contributed by atoms with Crippen molar-refractivity contribution < 1.29 is 27.5 Å². The van der Waals surface area contributed by atoms with Gasteiger partial charge >= 0.3 is 12.1 Å². The molecule has 0 saturated heterocycles. The topological polar surface area (TPSA) is 61.2 Å². The Bertz CT molecular complexity index is 1070. The number of halogens is 3. The van der Waals surface area contributed by atoms with Crippen LogP contribution in [0.25, 0.3) is 0 Å². The highest BCUT2D eigenvalue weighted by Gasteiger charge is 2.37. The van der Waals surface area contributed by atoms with Gasteiger partial charge in [-0.2, -0.15) is 18.3 Å². The van der Waals surface area contributed by atoms with Crippen molar-refractivity contribution in [2.45, 2.75) is 32.9 Å². The zero-order valence-corrected chi connectivity index (χ0v) is 17.1. The van der Waals surface area contributed by atoms with Crippen LogP contribution in [0.2, 0.25) is 0 Å². The molecule has 1 aromatic heterocycles. The molecule has 0 N–H and O–H groups in total. The second-order valence-electron chi connectivity index (χ2n) is 7.22. The molecular formula is C23H21F3N2O3. The number of carbonyl (C=O) groups excluding carboxylic acids is 2. The van der Waals surface area contributed by atoms with E-state index in [0.29, 0.717) is 10.2 Å². The molecule has 8 heteroatoms. The van der Waals surface area contributed by atoms with Gasteiger partial charge in [0.1, 0.15) is 0 Å². The van der Waals surface area contributed by atoms with Crippen molar-refractivity contribution >= 4 is 11.9 Å². The van der Waals surface area contributed by atoms with Gasteiger partial charge in [0, 0.05) is 17.3 Å². The first-order chi connectivity index (χ1) is 14.6. The van der Waals surface area contributed by atoms with Crippen LogP contribution in [0.15, 0.2) is 54.7 Å². The van der Waals surface area contributed by atoms with E-state index in [9.17, 15) is 22.8 Å². The fourth-order valence-corrected chi connectivity index (χ4v) is 2.96. The molecule has 0 unspecified atom stereocenters. The molecule has 0 aliphatic carbocycles. The lowest BCUT2D eigenvalue weighted by Crippen LogP contribution is -2.15. The molecule has 162 valence electrons. The first-order valence-corrected chi connectivity index (χ1v) is 9.66. The molecule has 0 bridgehead atoms. The number of hydrogen-bond acceptors (Lipinski definition) is 4. The number of ether oxygens (including phenoxy) is 1. The van der Waals surface area contributed by atoms with Gasteiger partial charge in [0.15, 0.2) is 5.69 Å². The molecule has 3 aromatic rings. The minimum absolute atomic E-state index is 0.0444. The Morgan fingerprint density at radius 3 is 2.03 bits per heavy atom. The van der Waals surface area contributed by atoms with Crippen molar-refractivity contribution in [2.24, 2.45) is 0 Å². The average Bonchev–Trinajstić information content (AvgIpc) is 3.16. The summed E-state index contributed by atoms with van der Waals surface area (Å²) in [5.74, 6) is -1.19. The van der Waals surface area contributed by atoms with Crippen LogP contribution in [0.1, 0.15) is 49.5 Å². The number of carbonyl (C=O) groups is 2. The minimum Gasteiger partial charge on any atom is -0.462 e. The molecule has 0 saturated carbocycles. The Morgan fingerprint density at radius 2 is 1.48 bits per heavy atom. The van der Waals surface area contributed by atoms with Crippen LogP contribution in [-0.2, 0) is 17.3 Å². The molecule has 31 heavy (non-hydrogen) atoms. The lowest BCUT2D eigenvalue weighted by Gasteiger charge is -2.07. The number of esters is 1. The second-order valence-corrected chi connectivity index (χ2v) is 7.22. The van der Waals surface area contributed by atoms with Gasteiger partial charge in [-0.1, -0.05) is 35.4 Å². The summed E-state index contributed by atoms with van der Waals surface area (Å²) in [5, 5.41) is 3.48. The number of nitrogens with zero attached hydrogens (tertiary/aromatic N) is 2. The predicted molar refractivity (Wildman–Crippen MR) is 108 cm³/mol. The molecule has 0 aliphatic heterocycles. The third kappa shape index (κ3) is 5.59. The number of rotatable bonds is 6. The van der Waals surface area contributed by atoms with E-state index in [-0.39, 0.29) is 30.6 Å². The highest BCUT2D eigenvalue weighted by Crippen LogP contribution is 2.31. The molecule has 0 fully saturated rings. The van der Waals surface area contributed by atoms with Gasteiger partial charge in [0.25, 0.3) is 5.91 Å². The summed E-state index contributed by atoms with van der Waals surface area (Å²) < 4.78 is 46.0. The van der Waals surface area contributed by atoms with Gasteiger partial charge in [-0.15, -0.1) is 0 Å². The van der Waals surface area contributed by atoms with Gasteiger partial charge < -0.3 is 4.74 Å². The van der Waals surface area contributed by atoms with Crippen molar-refractivity contribution in [3.63, 3.8) is 0 Å². The van der Waals surface area contributed by atoms with E-state index in [1.165, 1.54) is 12.1 Å². The summed E-state index contributed by atoms with van der Waals surface area (Å²) in [7, 11) is 0. The SMILES string of the molecule is Cc1ccc(C(=O)OCCCc2cn(C(=O)c3ccc(C)cc3)nc2C(F)(F)F)cc1. The van der Waals surface area contributed by atoms with E-state index in [0.717, 1.165) is 17.3 Å². The van der Waals surface area contributed by atoms with E-state index in [1.807, 2.05) is 13.8 Å². The van der Waals surface area contributed by atoms with E-state index < -0.39 is 23.7 Å². The van der Waals surface area contributed by atoms with Crippen molar-refractivity contribution in [1.29, 1.82) is 0 Å². The van der Waals surface area contributed by atoms with Crippen LogP contribution in [0.3, 0.4) is 0 Å². The Balaban J connectivity index is 1.67. The Kier molecular flexibility index (Phi) is 6.58. The Morgan fingerprint density at radius 1 is 0.935 bits per heavy atom. The molecule has 5 nitrogen and oxygen atoms in total. The van der Waals surface area contributed by atoms with E-state index in [4.69, 9.17) is 4.74 Å². The maximum atomic E-state index is 13.4. The zero-order valence-electron chi connectivity index (χ0n) is 17.1. The maximum absolute atomic E-state index is 13.4. The quantitative estimate of drug-likeness (QED) is 0.408. The molecular weight excluding hydrogens is 409 g/mol. The second kappa shape index (κ2) is 9.16. The van der Waals surface area contributed by atoms with Crippen LogP contribution >= 0.6 is 0 Å². The van der Waals surface area contributed by atoms with Gasteiger partial charge in [0.2, 0.25) is 0 Å². The third-order valence-corrected chi connectivity index (χ3v) is 4.68. The fraction of sp³-hybridized carbons (Fsp3) is 0.261. The van der Waals surface area contributed by atoms with Gasteiger partial charge in [0.05, 0.1) is 12.2 Å². The Labute approximate surface area is 177 Å². The lowest BCUT2D eigenvalue weighted by atomic mass is 10.1. The number of aryl methyl sites for hydroxylation is 3. The van der Waals surface area contributed by atoms with Crippen LogP contribution < -0.4 is 0 Å². The molecule has 1 heterocycles. The molecule has 0 atom stereocenters. The summed E-state index contributed by atoms with van der Waals surface area (Å²) in [4.78, 5) is 24.5. The molecule has 3 rings (SSSR count).